The minimum atomic E-state index is -0.349. The molecule has 0 saturated carbocycles. The van der Waals surface area contributed by atoms with Crippen LogP contribution in [0.3, 0.4) is 0 Å². The molecule has 31 heavy (non-hydrogen) atoms. The van der Waals surface area contributed by atoms with Crippen LogP contribution in [-0.4, -0.2) is 48.0 Å². The van der Waals surface area contributed by atoms with Gasteiger partial charge in [-0.2, -0.15) is 0 Å². The van der Waals surface area contributed by atoms with Crippen molar-refractivity contribution < 1.29 is 14.0 Å². The SMILES string of the molecule is CC(C)(C)C(=O)N1CCN(c2ccc(NC(=S)NC(=O)/C=C/c3ccco3)cc2)CC1. The number of carbonyl (C=O) groups excluding carboxylic acids is 2. The van der Waals surface area contributed by atoms with Gasteiger partial charge >= 0.3 is 0 Å². The first-order valence-corrected chi connectivity index (χ1v) is 10.6. The van der Waals surface area contributed by atoms with E-state index in [-0.39, 0.29) is 22.3 Å². The number of amides is 2. The van der Waals surface area contributed by atoms with Gasteiger partial charge in [-0.15, -0.1) is 0 Å². The average Bonchev–Trinajstić information content (AvgIpc) is 3.25. The molecule has 7 nitrogen and oxygen atoms in total. The Morgan fingerprint density at radius 1 is 1.06 bits per heavy atom. The minimum Gasteiger partial charge on any atom is -0.465 e. The Morgan fingerprint density at radius 2 is 1.74 bits per heavy atom. The smallest absolute Gasteiger partial charge is 0.250 e. The van der Waals surface area contributed by atoms with Crippen LogP contribution in [-0.2, 0) is 9.59 Å². The van der Waals surface area contributed by atoms with Crippen molar-refractivity contribution in [2.75, 3.05) is 36.4 Å². The van der Waals surface area contributed by atoms with Crippen LogP contribution < -0.4 is 15.5 Å². The molecule has 2 amide bonds. The molecule has 0 atom stereocenters. The first kappa shape index (κ1) is 22.6. The molecule has 0 unspecified atom stereocenters. The summed E-state index contributed by atoms with van der Waals surface area (Å²) in [5, 5.41) is 5.83. The second-order valence-electron chi connectivity index (χ2n) is 8.37. The van der Waals surface area contributed by atoms with E-state index in [0.29, 0.717) is 5.76 Å². The molecule has 1 aromatic heterocycles. The number of nitrogens with zero attached hydrogens (tertiary/aromatic N) is 2. The first-order valence-electron chi connectivity index (χ1n) is 10.2. The number of rotatable bonds is 4. The van der Waals surface area contributed by atoms with Crippen LogP contribution in [0, 0.1) is 5.41 Å². The number of hydrogen-bond acceptors (Lipinski definition) is 5. The lowest BCUT2D eigenvalue weighted by atomic mass is 9.94. The molecule has 1 aliphatic heterocycles. The van der Waals surface area contributed by atoms with Crippen molar-refractivity contribution in [1.82, 2.24) is 10.2 Å². The monoisotopic (exact) mass is 440 g/mol. The average molecular weight is 441 g/mol. The Bertz CT molecular complexity index is 938. The van der Waals surface area contributed by atoms with E-state index >= 15 is 0 Å². The molecule has 2 aromatic rings. The lowest BCUT2D eigenvalue weighted by Gasteiger charge is -2.38. The number of furan rings is 1. The van der Waals surface area contributed by atoms with Crippen LogP contribution in [0.25, 0.3) is 6.08 Å². The molecule has 3 rings (SSSR count). The van der Waals surface area contributed by atoms with E-state index in [1.54, 1.807) is 24.5 Å². The van der Waals surface area contributed by atoms with Gasteiger partial charge in [-0.05, 0) is 54.7 Å². The fourth-order valence-electron chi connectivity index (χ4n) is 3.26. The molecular weight excluding hydrogens is 412 g/mol. The number of nitrogens with one attached hydrogen (secondary N) is 2. The van der Waals surface area contributed by atoms with Gasteiger partial charge in [0.25, 0.3) is 0 Å². The van der Waals surface area contributed by atoms with Crippen LogP contribution >= 0.6 is 12.2 Å². The Labute approximate surface area is 188 Å². The standard InChI is InChI=1S/C23H28N4O3S/c1-23(2,3)21(29)27-14-12-26(13-15-27)18-8-6-17(7-9-18)24-22(31)25-20(28)11-10-19-5-4-16-30-19/h4-11,16H,12-15H2,1-3H3,(H2,24,25,28,31)/b11-10+. The Morgan fingerprint density at radius 3 is 2.32 bits per heavy atom. The van der Waals surface area contributed by atoms with Crippen LogP contribution in [0.4, 0.5) is 11.4 Å². The molecular formula is C23H28N4O3S. The summed E-state index contributed by atoms with van der Waals surface area (Å²) in [4.78, 5) is 28.6. The van der Waals surface area contributed by atoms with Crippen molar-refractivity contribution in [2.24, 2.45) is 5.41 Å². The van der Waals surface area contributed by atoms with E-state index < -0.39 is 0 Å². The van der Waals surface area contributed by atoms with Crippen molar-refractivity contribution >= 4 is 46.6 Å². The molecule has 0 bridgehead atoms. The third-order valence-electron chi connectivity index (χ3n) is 4.88. The summed E-state index contributed by atoms with van der Waals surface area (Å²) in [6.07, 6.45) is 4.47. The van der Waals surface area contributed by atoms with Gasteiger partial charge in [-0.25, -0.2) is 0 Å². The summed E-state index contributed by atoms with van der Waals surface area (Å²) < 4.78 is 5.14. The summed E-state index contributed by atoms with van der Waals surface area (Å²) in [6.45, 7) is 8.90. The van der Waals surface area contributed by atoms with Gasteiger partial charge in [-0.3, -0.25) is 14.9 Å². The second-order valence-corrected chi connectivity index (χ2v) is 8.78. The van der Waals surface area contributed by atoms with Gasteiger partial charge in [0.05, 0.1) is 6.26 Å². The third-order valence-corrected chi connectivity index (χ3v) is 5.08. The number of carbonyl (C=O) groups is 2. The molecule has 1 aliphatic rings. The first-order chi connectivity index (χ1) is 14.7. The Kier molecular flexibility index (Phi) is 7.12. The van der Waals surface area contributed by atoms with E-state index in [2.05, 4.69) is 15.5 Å². The van der Waals surface area contributed by atoms with E-state index in [9.17, 15) is 9.59 Å². The number of hydrogen-bond donors (Lipinski definition) is 2. The topological polar surface area (TPSA) is 77.8 Å². The molecule has 164 valence electrons. The van der Waals surface area contributed by atoms with Crippen LogP contribution in [0.2, 0.25) is 0 Å². The second kappa shape index (κ2) is 9.78. The van der Waals surface area contributed by atoms with Crippen molar-refractivity contribution in [2.45, 2.75) is 20.8 Å². The summed E-state index contributed by atoms with van der Waals surface area (Å²) in [7, 11) is 0. The summed E-state index contributed by atoms with van der Waals surface area (Å²) in [5.41, 5.74) is 1.52. The Hall–Kier alpha value is -3.13. The maximum atomic E-state index is 12.4. The normalized spacial score (nSPS) is 14.5. The highest BCUT2D eigenvalue weighted by Gasteiger charge is 2.29. The van der Waals surface area contributed by atoms with Crippen LogP contribution in [0.1, 0.15) is 26.5 Å². The molecule has 2 heterocycles. The van der Waals surface area contributed by atoms with Gasteiger partial charge in [0.2, 0.25) is 11.8 Å². The van der Waals surface area contributed by atoms with E-state index in [4.69, 9.17) is 16.6 Å². The van der Waals surface area contributed by atoms with Crippen molar-refractivity contribution in [3.63, 3.8) is 0 Å². The maximum absolute atomic E-state index is 12.4. The molecule has 2 N–H and O–H groups in total. The maximum Gasteiger partial charge on any atom is 0.250 e. The molecule has 8 heteroatoms. The van der Waals surface area contributed by atoms with Gasteiger partial charge in [0.1, 0.15) is 5.76 Å². The molecule has 0 radical (unpaired) electrons. The number of piperazine rings is 1. The van der Waals surface area contributed by atoms with Crippen molar-refractivity contribution in [1.29, 1.82) is 0 Å². The number of thiocarbonyl (C=S) groups is 1. The van der Waals surface area contributed by atoms with E-state index in [0.717, 1.165) is 37.6 Å². The van der Waals surface area contributed by atoms with Gasteiger partial charge in [0.15, 0.2) is 5.11 Å². The van der Waals surface area contributed by atoms with Gasteiger partial charge in [0, 0.05) is 49.0 Å². The largest absolute Gasteiger partial charge is 0.465 e. The highest BCUT2D eigenvalue weighted by Crippen LogP contribution is 2.22. The highest BCUT2D eigenvalue weighted by atomic mass is 32.1. The fourth-order valence-corrected chi connectivity index (χ4v) is 3.48. The van der Waals surface area contributed by atoms with Crippen LogP contribution in [0.15, 0.2) is 53.2 Å². The van der Waals surface area contributed by atoms with Gasteiger partial charge in [-0.1, -0.05) is 20.8 Å². The lowest BCUT2D eigenvalue weighted by molar-refractivity contribution is -0.139. The summed E-state index contributed by atoms with van der Waals surface area (Å²) in [6, 6.07) is 11.3. The molecule has 0 aliphatic carbocycles. The summed E-state index contributed by atoms with van der Waals surface area (Å²) in [5.74, 6) is 0.447. The highest BCUT2D eigenvalue weighted by molar-refractivity contribution is 7.80. The zero-order valence-electron chi connectivity index (χ0n) is 18.1. The Balaban J connectivity index is 1.47. The predicted octanol–water partition coefficient (Wildman–Crippen LogP) is 3.50. The third kappa shape index (κ3) is 6.42. The quantitative estimate of drug-likeness (QED) is 0.560. The van der Waals surface area contributed by atoms with Crippen LogP contribution in [0.5, 0.6) is 0 Å². The lowest BCUT2D eigenvalue weighted by Crippen LogP contribution is -2.51. The number of anilines is 2. The molecule has 1 saturated heterocycles. The number of benzene rings is 1. The van der Waals surface area contributed by atoms with Gasteiger partial charge < -0.3 is 19.5 Å². The molecule has 1 fully saturated rings. The summed E-state index contributed by atoms with van der Waals surface area (Å²) >= 11 is 5.20. The minimum absolute atomic E-state index is 0.196. The predicted molar refractivity (Wildman–Crippen MR) is 127 cm³/mol. The molecule has 1 aromatic carbocycles. The fraction of sp³-hybridized carbons (Fsp3) is 0.348. The zero-order chi connectivity index (χ0) is 22.4. The van der Waals surface area contributed by atoms with E-state index in [1.807, 2.05) is 49.9 Å². The molecule has 0 spiro atoms. The van der Waals surface area contributed by atoms with Crippen molar-refractivity contribution in [3.8, 4) is 0 Å². The van der Waals surface area contributed by atoms with E-state index in [1.165, 1.54) is 6.08 Å². The van der Waals surface area contributed by atoms with Crippen molar-refractivity contribution in [3.05, 3.63) is 54.5 Å². The zero-order valence-corrected chi connectivity index (χ0v) is 18.9.